The Hall–Kier alpha value is -4.60. The van der Waals surface area contributed by atoms with Crippen molar-refractivity contribution >= 4 is 28.5 Å². The first kappa shape index (κ1) is 23.5. The van der Waals surface area contributed by atoms with E-state index in [0.29, 0.717) is 72.1 Å². The summed E-state index contributed by atoms with van der Waals surface area (Å²) in [4.78, 5) is 31.1. The summed E-state index contributed by atoms with van der Waals surface area (Å²) in [5.74, 6) is 2.82. The molecule has 0 unspecified atom stereocenters. The van der Waals surface area contributed by atoms with E-state index < -0.39 is 0 Å². The highest BCUT2D eigenvalue weighted by atomic mass is 16.6. The van der Waals surface area contributed by atoms with Gasteiger partial charge in [-0.3, -0.25) is 14.6 Å². The molecule has 2 aliphatic heterocycles. The highest BCUT2D eigenvalue weighted by molar-refractivity contribution is 6.03. The van der Waals surface area contributed by atoms with Crippen molar-refractivity contribution in [3.05, 3.63) is 65.5 Å². The van der Waals surface area contributed by atoms with Gasteiger partial charge in [-0.05, 0) is 54.3 Å². The lowest BCUT2D eigenvalue weighted by molar-refractivity contribution is -0.115. The van der Waals surface area contributed by atoms with E-state index in [9.17, 15) is 9.59 Å². The summed E-state index contributed by atoms with van der Waals surface area (Å²) in [6, 6.07) is 12.9. The van der Waals surface area contributed by atoms with E-state index >= 15 is 0 Å². The summed E-state index contributed by atoms with van der Waals surface area (Å²) in [5, 5.41) is 8.04. The average Bonchev–Trinajstić information content (AvgIpc) is 3.75. The third kappa shape index (κ3) is 4.73. The average molecular weight is 527 g/mol. The van der Waals surface area contributed by atoms with Gasteiger partial charge >= 0.3 is 0 Å². The SMILES string of the molecule is O=C(Cc1ccc2c(c1)OCCO2)Nc1nn(C(=O)Cc2ccc3c(c2)OCCO3)c2cc(C3CC3)ncc12. The van der Waals surface area contributed by atoms with Crippen LogP contribution in [0.4, 0.5) is 5.82 Å². The Kier molecular flexibility index (Phi) is 5.79. The number of pyridine rings is 1. The first-order chi connectivity index (χ1) is 19.1. The van der Waals surface area contributed by atoms with Crippen LogP contribution >= 0.6 is 0 Å². The lowest BCUT2D eigenvalue weighted by atomic mass is 10.1. The van der Waals surface area contributed by atoms with Crippen molar-refractivity contribution in [3.63, 3.8) is 0 Å². The number of carbonyl (C=O) groups excluding carboxylic acids is 2. The molecule has 4 heterocycles. The van der Waals surface area contributed by atoms with Gasteiger partial charge in [0, 0.05) is 17.8 Å². The lowest BCUT2D eigenvalue weighted by Gasteiger charge is -2.18. The second-order valence-corrected chi connectivity index (χ2v) is 9.91. The normalized spacial score (nSPS) is 15.7. The summed E-state index contributed by atoms with van der Waals surface area (Å²) >= 11 is 0. The Bertz CT molecular complexity index is 1610. The van der Waals surface area contributed by atoms with Gasteiger partial charge in [-0.1, -0.05) is 12.1 Å². The minimum Gasteiger partial charge on any atom is -0.486 e. The van der Waals surface area contributed by atoms with Gasteiger partial charge in [0.25, 0.3) is 5.91 Å². The van der Waals surface area contributed by atoms with Crippen LogP contribution in [0.25, 0.3) is 10.9 Å². The van der Waals surface area contributed by atoms with Gasteiger partial charge in [-0.25, -0.2) is 0 Å². The summed E-state index contributed by atoms with van der Waals surface area (Å²) in [6.45, 7) is 1.96. The highest BCUT2D eigenvalue weighted by Gasteiger charge is 2.27. The van der Waals surface area contributed by atoms with Crippen molar-refractivity contribution in [2.45, 2.75) is 31.6 Å². The zero-order valence-electron chi connectivity index (χ0n) is 21.1. The van der Waals surface area contributed by atoms with E-state index in [2.05, 4.69) is 15.4 Å². The molecule has 1 aliphatic carbocycles. The molecule has 10 heteroatoms. The standard InChI is InChI=1S/C29H26N4O6/c34-27(13-17-1-5-23-25(11-17)38-9-7-36-23)31-29-20-16-30-21(19-3-4-19)15-22(20)33(32-29)28(35)14-18-2-6-24-26(12-18)39-10-8-37-24/h1-2,5-6,11-12,15-16,19H,3-4,7-10,13-14H2,(H,31,32,34). The number of nitrogens with zero attached hydrogens (tertiary/aromatic N) is 3. The number of benzene rings is 2. The molecule has 7 rings (SSSR count). The number of hydrogen-bond acceptors (Lipinski definition) is 8. The van der Waals surface area contributed by atoms with Crippen LogP contribution in [0, 0.1) is 0 Å². The first-order valence-corrected chi connectivity index (χ1v) is 13.1. The summed E-state index contributed by atoms with van der Waals surface area (Å²) in [6.07, 6.45) is 4.08. The zero-order chi connectivity index (χ0) is 26.3. The van der Waals surface area contributed by atoms with E-state index in [4.69, 9.17) is 18.9 Å². The summed E-state index contributed by atoms with van der Waals surface area (Å²) in [7, 11) is 0. The predicted molar refractivity (Wildman–Crippen MR) is 141 cm³/mol. The van der Waals surface area contributed by atoms with Crippen molar-refractivity contribution in [3.8, 4) is 23.0 Å². The Morgan fingerprint density at radius 3 is 2.08 bits per heavy atom. The maximum absolute atomic E-state index is 13.5. The minimum absolute atomic E-state index is 0.110. The van der Waals surface area contributed by atoms with Gasteiger partial charge in [0.15, 0.2) is 28.8 Å². The smallest absolute Gasteiger partial charge is 0.251 e. The topological polar surface area (TPSA) is 114 Å². The molecule has 4 aromatic rings. The van der Waals surface area contributed by atoms with Gasteiger partial charge in [-0.15, -0.1) is 5.10 Å². The van der Waals surface area contributed by atoms with E-state index in [0.717, 1.165) is 29.7 Å². The Balaban J connectivity index is 1.15. The number of ether oxygens (including phenoxy) is 4. The number of nitrogens with one attached hydrogen (secondary N) is 1. The van der Waals surface area contributed by atoms with Crippen LogP contribution in [-0.4, -0.2) is 53.0 Å². The zero-order valence-corrected chi connectivity index (χ0v) is 21.1. The van der Waals surface area contributed by atoms with E-state index in [1.165, 1.54) is 4.68 Å². The van der Waals surface area contributed by atoms with Gasteiger partial charge in [-0.2, -0.15) is 4.68 Å². The molecule has 10 nitrogen and oxygen atoms in total. The van der Waals surface area contributed by atoms with Gasteiger partial charge in [0.05, 0.1) is 23.7 Å². The van der Waals surface area contributed by atoms with Crippen LogP contribution in [0.5, 0.6) is 23.0 Å². The van der Waals surface area contributed by atoms with Crippen LogP contribution in [0.15, 0.2) is 48.7 Å². The predicted octanol–water partition coefficient (Wildman–Crippen LogP) is 3.92. The summed E-state index contributed by atoms with van der Waals surface area (Å²) in [5.41, 5.74) is 3.13. The molecule has 1 N–H and O–H groups in total. The number of anilines is 1. The fraction of sp³-hybridized carbons (Fsp3) is 0.310. The molecule has 1 amide bonds. The molecule has 2 aromatic heterocycles. The van der Waals surface area contributed by atoms with Crippen molar-refractivity contribution < 1.29 is 28.5 Å². The third-order valence-electron chi connectivity index (χ3n) is 7.01. The molecule has 0 radical (unpaired) electrons. The van der Waals surface area contributed by atoms with Crippen molar-refractivity contribution in [1.29, 1.82) is 0 Å². The molecular formula is C29H26N4O6. The molecule has 0 saturated heterocycles. The monoisotopic (exact) mass is 526 g/mol. The lowest BCUT2D eigenvalue weighted by Crippen LogP contribution is -2.19. The second-order valence-electron chi connectivity index (χ2n) is 9.91. The van der Waals surface area contributed by atoms with Crippen LogP contribution in [0.1, 0.15) is 40.4 Å². The summed E-state index contributed by atoms with van der Waals surface area (Å²) < 4.78 is 23.8. The number of carbonyl (C=O) groups is 2. The molecular weight excluding hydrogens is 500 g/mol. The third-order valence-corrected chi connectivity index (χ3v) is 7.01. The number of amides is 1. The van der Waals surface area contributed by atoms with Gasteiger partial charge in [0.1, 0.15) is 26.4 Å². The molecule has 2 aromatic carbocycles. The maximum atomic E-state index is 13.5. The molecule has 1 fully saturated rings. The van der Waals surface area contributed by atoms with Crippen LogP contribution in [0.2, 0.25) is 0 Å². The van der Waals surface area contributed by atoms with Crippen molar-refractivity contribution in [2.24, 2.45) is 0 Å². The number of fused-ring (bicyclic) bond motifs is 3. The molecule has 0 atom stereocenters. The van der Waals surface area contributed by atoms with Gasteiger partial charge in [0.2, 0.25) is 5.91 Å². The van der Waals surface area contributed by atoms with E-state index in [1.807, 2.05) is 36.4 Å². The first-order valence-electron chi connectivity index (χ1n) is 13.1. The largest absolute Gasteiger partial charge is 0.486 e. The molecule has 198 valence electrons. The second kappa shape index (κ2) is 9.61. The van der Waals surface area contributed by atoms with Crippen LogP contribution in [-0.2, 0) is 17.6 Å². The molecule has 1 saturated carbocycles. The Labute approximate surface area is 223 Å². The quantitative estimate of drug-likeness (QED) is 0.402. The maximum Gasteiger partial charge on any atom is 0.251 e. The minimum atomic E-state index is -0.260. The number of rotatable bonds is 6. The van der Waals surface area contributed by atoms with Crippen molar-refractivity contribution in [1.82, 2.24) is 14.8 Å². The Morgan fingerprint density at radius 2 is 1.44 bits per heavy atom. The highest BCUT2D eigenvalue weighted by Crippen LogP contribution is 2.40. The number of aromatic nitrogens is 3. The molecule has 0 spiro atoms. The number of hydrogen-bond donors (Lipinski definition) is 1. The van der Waals surface area contributed by atoms with E-state index in [1.54, 1.807) is 12.3 Å². The van der Waals surface area contributed by atoms with Gasteiger partial charge < -0.3 is 24.3 Å². The molecule has 0 bridgehead atoms. The fourth-order valence-corrected chi connectivity index (χ4v) is 4.92. The van der Waals surface area contributed by atoms with Crippen molar-refractivity contribution in [2.75, 3.05) is 31.7 Å². The van der Waals surface area contributed by atoms with Crippen LogP contribution in [0.3, 0.4) is 0 Å². The Morgan fingerprint density at radius 1 is 0.821 bits per heavy atom. The molecule has 39 heavy (non-hydrogen) atoms. The van der Waals surface area contributed by atoms with Crippen LogP contribution < -0.4 is 24.3 Å². The molecule has 3 aliphatic rings. The van der Waals surface area contributed by atoms with E-state index in [-0.39, 0.29) is 24.7 Å². The fourth-order valence-electron chi connectivity index (χ4n) is 4.92.